The molecule has 1 aliphatic rings. The van der Waals surface area contributed by atoms with Crippen molar-refractivity contribution in [3.8, 4) is 11.3 Å². The maximum atomic E-state index is 12.3. The summed E-state index contributed by atoms with van der Waals surface area (Å²) in [5.41, 5.74) is 5.80. The molecule has 0 aliphatic heterocycles. The number of hydrogen-bond acceptors (Lipinski definition) is 2. The number of alkyl halides is 1. The fourth-order valence-corrected chi connectivity index (χ4v) is 3.88. The second-order valence-electron chi connectivity index (χ2n) is 6.22. The van der Waals surface area contributed by atoms with E-state index < -0.39 is 0 Å². The van der Waals surface area contributed by atoms with E-state index in [1.165, 1.54) is 17.5 Å². The van der Waals surface area contributed by atoms with Crippen molar-refractivity contribution in [1.29, 1.82) is 0 Å². The highest BCUT2D eigenvalue weighted by atomic mass is 79.9. The molecular weight excluding hydrogens is 364 g/mol. The van der Waals surface area contributed by atoms with Crippen LogP contribution in [-0.4, -0.2) is 16.9 Å². The van der Waals surface area contributed by atoms with E-state index in [9.17, 15) is 4.79 Å². The summed E-state index contributed by atoms with van der Waals surface area (Å²) in [5, 5.41) is 6.39. The first-order chi connectivity index (χ1) is 11.8. The van der Waals surface area contributed by atoms with Gasteiger partial charge in [0.2, 0.25) is 0 Å². The van der Waals surface area contributed by atoms with Crippen molar-refractivity contribution in [2.45, 2.75) is 19.3 Å². The Morgan fingerprint density at radius 3 is 2.75 bits per heavy atom. The van der Waals surface area contributed by atoms with Gasteiger partial charge in [0.1, 0.15) is 0 Å². The molecule has 0 amide bonds. The maximum absolute atomic E-state index is 12.3. The Kier molecular flexibility index (Phi) is 4.15. The summed E-state index contributed by atoms with van der Waals surface area (Å²) >= 11 is 3.46. The van der Waals surface area contributed by atoms with E-state index in [1.807, 2.05) is 18.2 Å². The predicted octanol–water partition coefficient (Wildman–Crippen LogP) is 4.69. The number of nitrogens with one attached hydrogen (secondary N) is 2. The third-order valence-corrected chi connectivity index (χ3v) is 5.23. The average molecular weight is 383 g/mol. The molecule has 2 N–H and O–H groups in total. The highest BCUT2D eigenvalue weighted by Gasteiger charge is 2.22. The quantitative estimate of drug-likeness (QED) is 0.388. The fourth-order valence-electron chi connectivity index (χ4n) is 3.49. The van der Waals surface area contributed by atoms with Crippen molar-refractivity contribution in [3.05, 3.63) is 63.9 Å². The summed E-state index contributed by atoms with van der Waals surface area (Å²) < 4.78 is 0. The van der Waals surface area contributed by atoms with Crippen LogP contribution >= 0.6 is 15.9 Å². The summed E-state index contributed by atoms with van der Waals surface area (Å²) in [5.74, 6) is 0. The lowest BCUT2D eigenvalue weighted by molar-refractivity contribution is 0.847. The number of unbranched alkanes of at least 4 members (excludes halogenated alkanes) is 1. The topological polar surface area (TPSA) is 44.9 Å². The largest absolute Gasteiger partial charge is 0.385 e. The molecule has 0 saturated carbocycles. The highest BCUT2D eigenvalue weighted by Crippen LogP contribution is 2.38. The van der Waals surface area contributed by atoms with Crippen molar-refractivity contribution in [2.24, 2.45) is 0 Å². The molecule has 1 heterocycles. The van der Waals surface area contributed by atoms with Gasteiger partial charge in [-0.2, -0.15) is 0 Å². The zero-order chi connectivity index (χ0) is 16.5. The van der Waals surface area contributed by atoms with E-state index >= 15 is 0 Å². The van der Waals surface area contributed by atoms with Crippen LogP contribution in [0.25, 0.3) is 22.0 Å². The molecule has 122 valence electrons. The summed E-state index contributed by atoms with van der Waals surface area (Å²) in [4.78, 5) is 15.4. The highest BCUT2D eigenvalue weighted by molar-refractivity contribution is 9.09. The zero-order valence-electron chi connectivity index (χ0n) is 13.4. The third-order valence-electron chi connectivity index (χ3n) is 4.67. The number of hydrogen-bond donors (Lipinski definition) is 2. The first kappa shape index (κ1) is 15.5. The lowest BCUT2D eigenvalue weighted by Gasteiger charge is -2.08. The number of fused-ring (bicyclic) bond motifs is 5. The summed E-state index contributed by atoms with van der Waals surface area (Å²) in [6.07, 6.45) is 3.20. The molecule has 0 fully saturated rings. The molecule has 0 radical (unpaired) electrons. The molecule has 0 unspecified atom stereocenters. The second-order valence-corrected chi connectivity index (χ2v) is 7.02. The monoisotopic (exact) mass is 382 g/mol. The number of anilines is 1. The Labute approximate surface area is 149 Å². The summed E-state index contributed by atoms with van der Waals surface area (Å²) in [6.45, 7) is 0.983. The first-order valence-corrected chi connectivity index (χ1v) is 9.47. The Balaban J connectivity index is 1.69. The standard InChI is InChI=1S/C20H19BrN2O/c21-9-3-4-10-22-14-7-8-15-13(11-14)12-18-16-5-1-2-6-17(16)20(24)23-19(15)18/h1-2,5-8,11,22H,3-4,9-10,12H2,(H,23,24). The lowest BCUT2D eigenvalue weighted by atomic mass is 10.0. The number of H-pyrrole nitrogens is 1. The zero-order valence-corrected chi connectivity index (χ0v) is 14.9. The smallest absolute Gasteiger partial charge is 0.256 e. The van der Waals surface area contributed by atoms with Crippen molar-refractivity contribution >= 4 is 32.4 Å². The van der Waals surface area contributed by atoms with E-state index in [0.29, 0.717) is 0 Å². The normalized spacial score (nSPS) is 12.2. The van der Waals surface area contributed by atoms with Crippen molar-refractivity contribution in [3.63, 3.8) is 0 Å². The van der Waals surface area contributed by atoms with Gasteiger partial charge in [-0.3, -0.25) is 4.79 Å². The molecule has 0 spiro atoms. The third kappa shape index (κ3) is 2.65. The minimum absolute atomic E-state index is 0.00539. The molecule has 1 aliphatic carbocycles. The molecule has 0 atom stereocenters. The van der Waals surface area contributed by atoms with Crippen molar-refractivity contribution in [2.75, 3.05) is 17.2 Å². The molecule has 3 aromatic rings. The van der Waals surface area contributed by atoms with Gasteiger partial charge in [-0.15, -0.1) is 0 Å². The molecular formula is C20H19BrN2O. The average Bonchev–Trinajstić information content (AvgIpc) is 2.97. The van der Waals surface area contributed by atoms with Crippen molar-refractivity contribution in [1.82, 2.24) is 4.98 Å². The molecule has 0 bridgehead atoms. The summed E-state index contributed by atoms with van der Waals surface area (Å²) in [7, 11) is 0. The number of aromatic nitrogens is 1. The summed E-state index contributed by atoms with van der Waals surface area (Å²) in [6, 6.07) is 14.3. The van der Waals surface area contributed by atoms with Gasteiger partial charge >= 0.3 is 0 Å². The molecule has 1 aromatic heterocycles. The van der Waals surface area contributed by atoms with Gasteiger partial charge in [0, 0.05) is 34.9 Å². The molecule has 24 heavy (non-hydrogen) atoms. The SMILES string of the molecule is O=c1[nH]c2c(c3ccccc13)Cc1cc(NCCCCBr)ccc1-2. The number of benzene rings is 2. The van der Waals surface area contributed by atoms with Gasteiger partial charge in [0.25, 0.3) is 5.56 Å². The fraction of sp³-hybridized carbons (Fsp3) is 0.250. The van der Waals surface area contributed by atoms with Crippen LogP contribution in [0.2, 0.25) is 0 Å². The van der Waals surface area contributed by atoms with Crippen LogP contribution in [0.5, 0.6) is 0 Å². The Morgan fingerprint density at radius 2 is 1.92 bits per heavy atom. The maximum Gasteiger partial charge on any atom is 0.256 e. The number of rotatable bonds is 5. The number of pyridine rings is 1. The molecule has 4 rings (SSSR count). The van der Waals surface area contributed by atoms with E-state index in [4.69, 9.17) is 0 Å². The molecule has 3 nitrogen and oxygen atoms in total. The molecule has 0 saturated heterocycles. The van der Waals surface area contributed by atoms with Crippen LogP contribution in [0.4, 0.5) is 5.69 Å². The number of halogens is 1. The van der Waals surface area contributed by atoms with Gasteiger partial charge in [0.15, 0.2) is 0 Å². The second kappa shape index (κ2) is 6.44. The van der Waals surface area contributed by atoms with E-state index in [2.05, 4.69) is 50.5 Å². The van der Waals surface area contributed by atoms with Crippen LogP contribution in [-0.2, 0) is 6.42 Å². The van der Waals surface area contributed by atoms with Crippen LogP contribution in [0, 0.1) is 0 Å². The van der Waals surface area contributed by atoms with Gasteiger partial charge in [-0.25, -0.2) is 0 Å². The van der Waals surface area contributed by atoms with Gasteiger partial charge in [-0.1, -0.05) is 40.2 Å². The Bertz CT molecular complexity index is 962. The Hall–Kier alpha value is -2.07. The number of aromatic amines is 1. The van der Waals surface area contributed by atoms with Crippen LogP contribution in [0.15, 0.2) is 47.3 Å². The molecule has 4 heteroatoms. The van der Waals surface area contributed by atoms with E-state index in [-0.39, 0.29) is 5.56 Å². The van der Waals surface area contributed by atoms with Gasteiger partial charge in [0.05, 0.1) is 5.69 Å². The predicted molar refractivity (Wildman–Crippen MR) is 104 cm³/mol. The van der Waals surface area contributed by atoms with Crippen LogP contribution < -0.4 is 10.9 Å². The van der Waals surface area contributed by atoms with Crippen molar-refractivity contribution < 1.29 is 0 Å². The van der Waals surface area contributed by atoms with Crippen LogP contribution in [0.3, 0.4) is 0 Å². The Morgan fingerprint density at radius 1 is 1.08 bits per heavy atom. The minimum atomic E-state index is -0.00539. The van der Waals surface area contributed by atoms with E-state index in [0.717, 1.165) is 52.4 Å². The first-order valence-electron chi connectivity index (χ1n) is 8.35. The minimum Gasteiger partial charge on any atom is -0.385 e. The lowest BCUT2D eigenvalue weighted by Crippen LogP contribution is -2.08. The van der Waals surface area contributed by atoms with Gasteiger partial charge in [-0.05, 0) is 47.6 Å². The van der Waals surface area contributed by atoms with E-state index in [1.54, 1.807) is 0 Å². The van der Waals surface area contributed by atoms with Crippen LogP contribution in [0.1, 0.15) is 24.0 Å². The molecule has 2 aromatic carbocycles. The van der Waals surface area contributed by atoms with Gasteiger partial charge < -0.3 is 10.3 Å².